The molecule has 0 aromatic carbocycles. The minimum Gasteiger partial charge on any atom is -0.373 e. The molecule has 1 heterocycles. The lowest BCUT2D eigenvalue weighted by Gasteiger charge is -2.22. The minimum atomic E-state index is -0.132. The highest BCUT2D eigenvalue weighted by molar-refractivity contribution is 4.86. The highest BCUT2D eigenvalue weighted by Gasteiger charge is 2.37. The van der Waals surface area contributed by atoms with Gasteiger partial charge in [0, 0.05) is 20.1 Å². The van der Waals surface area contributed by atoms with Crippen molar-refractivity contribution in [1.82, 2.24) is 0 Å². The quantitative estimate of drug-likeness (QED) is 0.353. The predicted molar refractivity (Wildman–Crippen MR) is 59.7 cm³/mol. The molecule has 0 aromatic heterocycles. The SMILES string of the molecule is CCC=CCC[C@H](C(OC)OC)[C@@H]1CO1. The van der Waals surface area contributed by atoms with Crippen LogP contribution in [0.1, 0.15) is 26.2 Å². The lowest BCUT2D eigenvalue weighted by Crippen LogP contribution is -2.29. The van der Waals surface area contributed by atoms with Crippen LogP contribution in [0.2, 0.25) is 0 Å². The van der Waals surface area contributed by atoms with Gasteiger partial charge in [0.25, 0.3) is 0 Å². The molecule has 2 atom stereocenters. The third kappa shape index (κ3) is 4.33. The van der Waals surface area contributed by atoms with Gasteiger partial charge in [-0.3, -0.25) is 0 Å². The average Bonchev–Trinajstić information content (AvgIpc) is 3.07. The van der Waals surface area contributed by atoms with Crippen molar-refractivity contribution in [1.29, 1.82) is 0 Å². The van der Waals surface area contributed by atoms with E-state index in [1.807, 2.05) is 0 Å². The molecular formula is C12H22O3. The molecule has 1 rings (SSSR count). The van der Waals surface area contributed by atoms with Crippen LogP contribution in [0, 0.1) is 5.92 Å². The van der Waals surface area contributed by atoms with Gasteiger partial charge in [0.2, 0.25) is 0 Å². The molecule has 1 aliphatic heterocycles. The third-order valence-electron chi connectivity index (χ3n) is 2.72. The Morgan fingerprint density at radius 3 is 2.47 bits per heavy atom. The maximum Gasteiger partial charge on any atom is 0.162 e. The number of hydrogen-bond donors (Lipinski definition) is 0. The summed E-state index contributed by atoms with van der Waals surface area (Å²) in [6, 6.07) is 0. The van der Waals surface area contributed by atoms with Crippen LogP contribution in [0.5, 0.6) is 0 Å². The lowest BCUT2D eigenvalue weighted by atomic mass is 9.98. The molecule has 0 spiro atoms. The predicted octanol–water partition coefficient (Wildman–Crippen LogP) is 2.37. The van der Waals surface area contributed by atoms with Gasteiger partial charge in [-0.1, -0.05) is 19.1 Å². The summed E-state index contributed by atoms with van der Waals surface area (Å²) in [4.78, 5) is 0. The summed E-state index contributed by atoms with van der Waals surface area (Å²) >= 11 is 0. The van der Waals surface area contributed by atoms with E-state index in [9.17, 15) is 0 Å². The van der Waals surface area contributed by atoms with Crippen LogP contribution in [0.4, 0.5) is 0 Å². The van der Waals surface area contributed by atoms with E-state index >= 15 is 0 Å². The molecule has 0 aliphatic carbocycles. The van der Waals surface area contributed by atoms with Gasteiger partial charge >= 0.3 is 0 Å². The van der Waals surface area contributed by atoms with E-state index in [1.165, 1.54) is 0 Å². The molecule has 0 saturated carbocycles. The fraction of sp³-hybridized carbons (Fsp3) is 0.833. The fourth-order valence-electron chi connectivity index (χ4n) is 1.82. The summed E-state index contributed by atoms with van der Waals surface area (Å²) in [5, 5.41) is 0. The maximum absolute atomic E-state index is 5.33. The number of epoxide rings is 1. The van der Waals surface area contributed by atoms with Crippen molar-refractivity contribution in [2.24, 2.45) is 5.92 Å². The first kappa shape index (κ1) is 12.7. The summed E-state index contributed by atoms with van der Waals surface area (Å²) < 4.78 is 15.9. The van der Waals surface area contributed by atoms with Crippen LogP contribution in [-0.4, -0.2) is 33.2 Å². The molecular weight excluding hydrogens is 192 g/mol. The standard InChI is InChI=1S/C12H22O3/c1-4-5-6-7-8-10(11-9-15-11)12(13-2)14-3/h5-6,10-12H,4,7-9H2,1-3H3/t10-,11-/m0/s1. The molecule has 0 unspecified atom stereocenters. The molecule has 0 aromatic rings. The Kier molecular flexibility index (Phi) is 5.91. The van der Waals surface area contributed by atoms with Crippen LogP contribution in [0.15, 0.2) is 12.2 Å². The van der Waals surface area contributed by atoms with Crippen molar-refractivity contribution < 1.29 is 14.2 Å². The van der Waals surface area contributed by atoms with E-state index in [0.717, 1.165) is 25.9 Å². The second-order valence-electron chi connectivity index (χ2n) is 3.83. The maximum atomic E-state index is 5.33. The van der Waals surface area contributed by atoms with E-state index in [1.54, 1.807) is 14.2 Å². The number of methoxy groups -OCH3 is 2. The monoisotopic (exact) mass is 214 g/mol. The van der Waals surface area contributed by atoms with Gasteiger partial charge in [0.15, 0.2) is 6.29 Å². The zero-order valence-electron chi connectivity index (χ0n) is 9.94. The molecule has 0 radical (unpaired) electrons. The highest BCUT2D eigenvalue weighted by atomic mass is 16.7. The van der Waals surface area contributed by atoms with Crippen LogP contribution < -0.4 is 0 Å². The van der Waals surface area contributed by atoms with Crippen molar-refractivity contribution in [3.8, 4) is 0 Å². The number of hydrogen-bond acceptors (Lipinski definition) is 3. The van der Waals surface area contributed by atoms with Gasteiger partial charge in [-0.05, 0) is 19.3 Å². The zero-order chi connectivity index (χ0) is 11.1. The van der Waals surface area contributed by atoms with Gasteiger partial charge in [0.1, 0.15) is 0 Å². The van der Waals surface area contributed by atoms with E-state index in [4.69, 9.17) is 14.2 Å². The molecule has 1 fully saturated rings. The first-order chi connectivity index (χ1) is 7.33. The van der Waals surface area contributed by atoms with Gasteiger partial charge < -0.3 is 14.2 Å². The van der Waals surface area contributed by atoms with E-state index in [0.29, 0.717) is 12.0 Å². The van der Waals surface area contributed by atoms with Crippen LogP contribution in [-0.2, 0) is 14.2 Å². The second kappa shape index (κ2) is 6.99. The fourth-order valence-corrected chi connectivity index (χ4v) is 1.82. The third-order valence-corrected chi connectivity index (χ3v) is 2.72. The Balaban J connectivity index is 2.32. The molecule has 15 heavy (non-hydrogen) atoms. The molecule has 0 N–H and O–H groups in total. The Labute approximate surface area is 92.4 Å². The Hall–Kier alpha value is -0.380. The molecule has 3 nitrogen and oxygen atoms in total. The van der Waals surface area contributed by atoms with Crippen molar-refractivity contribution in [2.75, 3.05) is 20.8 Å². The minimum absolute atomic E-state index is 0.132. The number of ether oxygens (including phenoxy) is 3. The summed E-state index contributed by atoms with van der Waals surface area (Å²) in [7, 11) is 3.37. The number of allylic oxidation sites excluding steroid dienone is 2. The second-order valence-corrected chi connectivity index (χ2v) is 3.83. The van der Waals surface area contributed by atoms with E-state index in [2.05, 4.69) is 19.1 Å². The molecule has 88 valence electrons. The van der Waals surface area contributed by atoms with Crippen molar-refractivity contribution in [3.05, 3.63) is 12.2 Å². The Morgan fingerprint density at radius 1 is 1.33 bits per heavy atom. The van der Waals surface area contributed by atoms with Crippen molar-refractivity contribution in [3.63, 3.8) is 0 Å². The topological polar surface area (TPSA) is 31.0 Å². The first-order valence-electron chi connectivity index (χ1n) is 5.65. The molecule has 0 bridgehead atoms. The van der Waals surface area contributed by atoms with Gasteiger partial charge in [-0.2, -0.15) is 0 Å². The largest absolute Gasteiger partial charge is 0.373 e. The average molecular weight is 214 g/mol. The van der Waals surface area contributed by atoms with Crippen LogP contribution in [0.25, 0.3) is 0 Å². The van der Waals surface area contributed by atoms with Gasteiger partial charge in [-0.25, -0.2) is 0 Å². The van der Waals surface area contributed by atoms with Crippen molar-refractivity contribution in [2.45, 2.75) is 38.6 Å². The van der Waals surface area contributed by atoms with E-state index in [-0.39, 0.29) is 6.29 Å². The smallest absolute Gasteiger partial charge is 0.162 e. The molecule has 1 saturated heterocycles. The first-order valence-corrected chi connectivity index (χ1v) is 5.65. The van der Waals surface area contributed by atoms with Crippen LogP contribution in [0.3, 0.4) is 0 Å². The summed E-state index contributed by atoms with van der Waals surface area (Å²) in [5.41, 5.74) is 0. The summed E-state index contributed by atoms with van der Waals surface area (Å²) in [6.45, 7) is 3.00. The molecule has 1 aliphatic rings. The highest BCUT2D eigenvalue weighted by Crippen LogP contribution is 2.29. The zero-order valence-corrected chi connectivity index (χ0v) is 9.94. The van der Waals surface area contributed by atoms with Gasteiger partial charge in [-0.15, -0.1) is 0 Å². The Morgan fingerprint density at radius 2 is 2.00 bits per heavy atom. The van der Waals surface area contributed by atoms with E-state index < -0.39 is 0 Å². The molecule has 3 heteroatoms. The summed E-state index contributed by atoms with van der Waals surface area (Å²) in [6.07, 6.45) is 7.85. The Bertz CT molecular complexity index is 183. The summed E-state index contributed by atoms with van der Waals surface area (Å²) in [5.74, 6) is 0.363. The number of rotatable bonds is 8. The van der Waals surface area contributed by atoms with Gasteiger partial charge in [0.05, 0.1) is 12.7 Å². The van der Waals surface area contributed by atoms with Crippen LogP contribution >= 0.6 is 0 Å². The van der Waals surface area contributed by atoms with Crippen molar-refractivity contribution >= 4 is 0 Å². The molecule has 0 amide bonds. The lowest BCUT2D eigenvalue weighted by molar-refractivity contribution is -0.143. The normalized spacial score (nSPS) is 22.5.